The van der Waals surface area contributed by atoms with Gasteiger partial charge in [0, 0.05) is 5.70 Å². The fourth-order valence-corrected chi connectivity index (χ4v) is 8.11. The van der Waals surface area contributed by atoms with Gasteiger partial charge in [-0.1, -0.05) is 23.8 Å². The molecule has 0 fully saturated rings. The molecule has 0 amide bonds. The van der Waals surface area contributed by atoms with Crippen LogP contribution in [0, 0.1) is 13.8 Å². The molecule has 4 heteroatoms. The molecule has 0 aromatic heterocycles. The third kappa shape index (κ3) is 4.94. The van der Waals surface area contributed by atoms with E-state index in [9.17, 15) is 0 Å². The van der Waals surface area contributed by atoms with Gasteiger partial charge in [0.05, 0.1) is 0 Å². The van der Waals surface area contributed by atoms with E-state index in [2.05, 4.69) is 157 Å². The van der Waals surface area contributed by atoms with E-state index >= 15 is 0 Å². The van der Waals surface area contributed by atoms with Crippen LogP contribution in [-0.2, 0) is 0 Å². The normalized spacial score (nSPS) is 14.7. The molecule has 3 nitrogen and oxygen atoms in total. The molecule has 1 unspecified atom stereocenters. The summed E-state index contributed by atoms with van der Waals surface area (Å²) < 4.78 is 1.38. The van der Waals surface area contributed by atoms with E-state index in [1.54, 1.807) is 0 Å². The second-order valence-electron chi connectivity index (χ2n) is 12.4. The molecule has 0 aliphatic heterocycles. The van der Waals surface area contributed by atoms with Crippen molar-refractivity contribution in [2.75, 3.05) is 9.80 Å². The summed E-state index contributed by atoms with van der Waals surface area (Å²) in [4.78, 5) is 4.94. The third-order valence-corrected chi connectivity index (χ3v) is 10.9. The van der Waals surface area contributed by atoms with Crippen molar-refractivity contribution in [3.8, 4) is 0 Å². The Balaban J connectivity index is 1.39. The molecule has 2 N–H and O–H groups in total. The van der Waals surface area contributed by atoms with Crippen molar-refractivity contribution in [3.63, 3.8) is 0 Å². The molecule has 8 rings (SSSR count). The van der Waals surface area contributed by atoms with Crippen molar-refractivity contribution in [1.82, 2.24) is 0 Å². The quantitative estimate of drug-likeness (QED) is 0.135. The molecule has 0 spiro atoms. The van der Waals surface area contributed by atoms with Gasteiger partial charge in [0.1, 0.15) is 0 Å². The number of rotatable bonds is 6. The van der Waals surface area contributed by atoms with E-state index in [0.29, 0.717) is 0 Å². The van der Waals surface area contributed by atoms with Crippen LogP contribution in [0.1, 0.15) is 17.5 Å². The van der Waals surface area contributed by atoms with E-state index in [-0.39, 0.29) is 6.04 Å². The van der Waals surface area contributed by atoms with Crippen LogP contribution in [0.15, 0.2) is 145 Å². The second kappa shape index (κ2) is 11.6. The summed E-state index contributed by atoms with van der Waals surface area (Å²) in [6.45, 7) is 4.29. The molecule has 0 heterocycles. The number of anilines is 5. The van der Waals surface area contributed by atoms with Crippen molar-refractivity contribution < 1.29 is 0 Å². The van der Waals surface area contributed by atoms with Crippen LogP contribution in [-0.4, -0.2) is 31.8 Å². The molecule has 0 saturated heterocycles. The second-order valence-corrected chi connectivity index (χ2v) is 14.4. The Labute approximate surface area is 286 Å². The maximum atomic E-state index is 6.18. The third-order valence-electron chi connectivity index (χ3n) is 9.31. The summed E-state index contributed by atoms with van der Waals surface area (Å²) >= 11 is 0.959. The Morgan fingerprint density at radius 3 is 1.78 bits per heavy atom. The minimum absolute atomic E-state index is 0.159. The van der Waals surface area contributed by atoms with Gasteiger partial charge in [-0.25, -0.2) is 0 Å². The van der Waals surface area contributed by atoms with Gasteiger partial charge in [-0.3, -0.25) is 0 Å². The summed E-state index contributed by atoms with van der Waals surface area (Å²) in [5.41, 5.74) is 15.5. The molecule has 221 valence electrons. The van der Waals surface area contributed by atoms with Crippen molar-refractivity contribution in [2.24, 2.45) is 5.73 Å². The van der Waals surface area contributed by atoms with Crippen LogP contribution in [0.3, 0.4) is 0 Å². The maximum absolute atomic E-state index is 6.18. The van der Waals surface area contributed by atoms with Gasteiger partial charge in [0.2, 0.25) is 0 Å². The first kappa shape index (κ1) is 28.8. The summed E-state index contributed by atoms with van der Waals surface area (Å²) in [7, 11) is 0. The van der Waals surface area contributed by atoms with Crippen LogP contribution in [0.25, 0.3) is 32.3 Å². The van der Waals surface area contributed by atoms with Gasteiger partial charge in [0.25, 0.3) is 0 Å². The molecule has 46 heavy (non-hydrogen) atoms. The van der Waals surface area contributed by atoms with Crippen molar-refractivity contribution in [2.45, 2.75) is 26.3 Å². The van der Waals surface area contributed by atoms with E-state index in [1.165, 1.54) is 75.0 Å². The fraction of sp³-hybridized carbons (Fsp3) is 0.0952. The first-order chi connectivity index (χ1) is 22.5. The number of aryl methyl sites for hydroxylation is 2. The summed E-state index contributed by atoms with van der Waals surface area (Å²) in [6, 6.07) is 45.2. The monoisotopic (exact) mass is 788 g/mol. The Hall–Kier alpha value is -4.62. The average Bonchev–Trinajstić information content (AvgIpc) is 3.08. The number of benzene rings is 7. The number of hydrogen-bond acceptors (Lipinski definition) is 3. The van der Waals surface area contributed by atoms with Gasteiger partial charge in [-0.05, 0) is 13.0 Å². The van der Waals surface area contributed by atoms with Crippen molar-refractivity contribution >= 4 is 89.6 Å². The first-order valence-corrected chi connectivity index (χ1v) is 17.8. The topological polar surface area (TPSA) is 32.5 Å². The first-order valence-electron chi connectivity index (χ1n) is 15.8. The Kier molecular flexibility index (Phi) is 7.29. The predicted molar refractivity (Wildman–Crippen MR) is 198 cm³/mol. The van der Waals surface area contributed by atoms with Crippen LogP contribution >= 0.6 is 0 Å². The van der Waals surface area contributed by atoms with Gasteiger partial charge in [0.15, 0.2) is 0 Å². The van der Waals surface area contributed by atoms with Crippen LogP contribution in [0.4, 0.5) is 28.4 Å². The average molecular weight is 788 g/mol. The Morgan fingerprint density at radius 1 is 0.609 bits per heavy atom. The Bertz CT molecular complexity index is 2280. The van der Waals surface area contributed by atoms with Gasteiger partial charge < -0.3 is 5.73 Å². The van der Waals surface area contributed by atoms with Crippen LogP contribution in [0.2, 0.25) is 0 Å². The minimum atomic E-state index is 0.159. The number of nitrogens with zero attached hydrogens (tertiary/aromatic N) is 2. The molecule has 0 bridgehead atoms. The van der Waals surface area contributed by atoms with Crippen LogP contribution < -0.4 is 18.7 Å². The van der Waals surface area contributed by atoms with E-state index in [4.69, 9.17) is 5.73 Å². The molecule has 1 atom stereocenters. The van der Waals surface area contributed by atoms with Crippen LogP contribution in [0.5, 0.6) is 0 Å². The molecule has 7 aromatic rings. The molecular weight excluding hydrogens is 754 g/mol. The van der Waals surface area contributed by atoms with Crippen molar-refractivity contribution in [1.29, 1.82) is 0 Å². The standard InChI is InChI=1S/C42H34N3.Pb/c1-28-8-18-34(19-9-28)44(33-6-4-3-5-7-33)39-26-14-30-13-25-38-40(27-15-31-12-24-37(39)41(30)42(31)38)45(35-20-10-29(2)11-21-35)36-22-16-32(43)17-23-36;/h3-6,8-22,24-27,36H,23,43H2,1-2H3;. The molecule has 0 saturated carbocycles. The molecular formula is C42H34N3Pb. The van der Waals surface area contributed by atoms with Crippen molar-refractivity contribution in [3.05, 3.63) is 156 Å². The summed E-state index contributed by atoms with van der Waals surface area (Å²) in [5.74, 6) is 0. The van der Waals surface area contributed by atoms with E-state index in [0.717, 1.165) is 37.9 Å². The summed E-state index contributed by atoms with van der Waals surface area (Å²) in [5, 5.41) is 7.65. The number of nitrogens with two attached hydrogens (primary N) is 1. The molecule has 1 aliphatic rings. The zero-order chi connectivity index (χ0) is 31.4. The molecule has 3 radical (unpaired) electrons. The summed E-state index contributed by atoms with van der Waals surface area (Å²) in [6.07, 6.45) is 7.29. The fourth-order valence-electron chi connectivity index (χ4n) is 6.98. The number of hydrogen-bond donors (Lipinski definition) is 1. The number of allylic oxidation sites excluding steroid dienone is 1. The van der Waals surface area contributed by atoms with Gasteiger partial charge in [-0.2, -0.15) is 0 Å². The molecule has 7 aromatic carbocycles. The van der Waals surface area contributed by atoms with Gasteiger partial charge in [-0.15, -0.1) is 0 Å². The SMILES string of the molecule is Cc1ccc(N(c2cccc[c]2[Pb])c2ccc3ccc4c(N(c5ccc(C)cc5)C5C=CC(N)=CC5)ccc5ccc2c3c54)cc1. The Morgan fingerprint density at radius 2 is 1.17 bits per heavy atom. The van der Waals surface area contributed by atoms with Gasteiger partial charge >= 0.3 is 240 Å². The zero-order valence-electron chi connectivity index (χ0n) is 26.0. The van der Waals surface area contributed by atoms with E-state index in [1.807, 2.05) is 6.08 Å². The zero-order valence-corrected chi connectivity index (χ0v) is 29.9. The molecule has 1 aliphatic carbocycles. The number of para-hydroxylation sites is 1. The van der Waals surface area contributed by atoms with E-state index < -0.39 is 0 Å². The predicted octanol–water partition coefficient (Wildman–Crippen LogP) is 9.77.